The van der Waals surface area contributed by atoms with Crippen molar-refractivity contribution in [1.82, 2.24) is 10.2 Å². The van der Waals surface area contributed by atoms with Gasteiger partial charge in [-0.3, -0.25) is 9.59 Å². The second-order valence-corrected chi connectivity index (χ2v) is 10.1. The summed E-state index contributed by atoms with van der Waals surface area (Å²) in [5.41, 5.74) is 2.62. The number of hydrogen-bond acceptors (Lipinski definition) is 4. The van der Waals surface area contributed by atoms with Gasteiger partial charge in [-0.2, -0.15) is 0 Å². The molecule has 0 saturated heterocycles. The third-order valence-corrected chi connectivity index (χ3v) is 7.12. The van der Waals surface area contributed by atoms with Gasteiger partial charge in [-0.25, -0.2) is 0 Å². The predicted octanol–water partition coefficient (Wildman–Crippen LogP) is 6.50. The van der Waals surface area contributed by atoms with E-state index in [9.17, 15) is 9.59 Å². The number of carbonyl (C=O) groups excluding carboxylic acids is 2. The number of nitrogens with one attached hydrogen (secondary N) is 1. The van der Waals surface area contributed by atoms with E-state index in [4.69, 9.17) is 32.7 Å². The van der Waals surface area contributed by atoms with Crippen molar-refractivity contribution in [2.24, 2.45) is 0 Å². The van der Waals surface area contributed by atoms with Gasteiger partial charge in [0.05, 0.1) is 14.2 Å². The highest BCUT2D eigenvalue weighted by molar-refractivity contribution is 6.35. The van der Waals surface area contributed by atoms with Crippen LogP contribution in [-0.2, 0) is 29.0 Å². The normalized spacial score (nSPS) is 11.5. The number of hydrogen-bond donors (Lipinski definition) is 1. The summed E-state index contributed by atoms with van der Waals surface area (Å²) in [7, 11) is 3.16. The molecule has 0 fully saturated rings. The Bertz CT molecular complexity index is 1240. The van der Waals surface area contributed by atoms with Crippen LogP contribution in [0.2, 0.25) is 10.0 Å². The molecular weight excluding hydrogens is 535 g/mol. The number of ether oxygens (including phenoxy) is 2. The molecule has 208 valence electrons. The number of halogens is 2. The van der Waals surface area contributed by atoms with Crippen LogP contribution in [0.15, 0.2) is 66.7 Å². The van der Waals surface area contributed by atoms with Crippen LogP contribution in [0.5, 0.6) is 11.5 Å². The second kappa shape index (κ2) is 15.4. The first kappa shape index (κ1) is 30.3. The van der Waals surface area contributed by atoms with Crippen molar-refractivity contribution >= 4 is 35.0 Å². The van der Waals surface area contributed by atoms with Gasteiger partial charge in [0.25, 0.3) is 0 Å². The molecule has 39 heavy (non-hydrogen) atoms. The summed E-state index contributed by atoms with van der Waals surface area (Å²) in [6.45, 7) is 2.80. The number of methoxy groups -OCH3 is 2. The molecule has 0 aromatic heterocycles. The minimum Gasteiger partial charge on any atom is -0.493 e. The van der Waals surface area contributed by atoms with Crippen LogP contribution < -0.4 is 14.8 Å². The first-order valence-electron chi connectivity index (χ1n) is 13.1. The summed E-state index contributed by atoms with van der Waals surface area (Å²) >= 11 is 12.6. The highest BCUT2D eigenvalue weighted by atomic mass is 35.5. The lowest BCUT2D eigenvalue weighted by Gasteiger charge is -2.32. The molecule has 1 atom stereocenters. The molecule has 0 radical (unpaired) electrons. The van der Waals surface area contributed by atoms with Crippen LogP contribution >= 0.6 is 23.2 Å². The fourth-order valence-corrected chi connectivity index (χ4v) is 4.79. The van der Waals surface area contributed by atoms with Gasteiger partial charge in [-0.1, -0.05) is 79.0 Å². The van der Waals surface area contributed by atoms with Gasteiger partial charge in [0.15, 0.2) is 11.5 Å². The molecule has 0 bridgehead atoms. The van der Waals surface area contributed by atoms with E-state index in [1.807, 2.05) is 48.5 Å². The maximum absolute atomic E-state index is 13.9. The van der Waals surface area contributed by atoms with E-state index in [0.29, 0.717) is 40.9 Å². The predicted molar refractivity (Wildman–Crippen MR) is 157 cm³/mol. The van der Waals surface area contributed by atoms with E-state index in [0.717, 1.165) is 29.5 Å². The summed E-state index contributed by atoms with van der Waals surface area (Å²) in [5.74, 6) is 0.891. The zero-order valence-corrected chi connectivity index (χ0v) is 24.2. The van der Waals surface area contributed by atoms with E-state index in [-0.39, 0.29) is 24.8 Å². The molecule has 0 aliphatic heterocycles. The molecule has 3 rings (SSSR count). The average molecular weight is 572 g/mol. The van der Waals surface area contributed by atoms with Crippen molar-refractivity contribution in [2.45, 2.75) is 51.6 Å². The van der Waals surface area contributed by atoms with Gasteiger partial charge in [-0.05, 0) is 53.8 Å². The Morgan fingerprint density at radius 2 is 1.67 bits per heavy atom. The maximum atomic E-state index is 13.9. The minimum absolute atomic E-state index is 0.151. The number of aryl methyl sites for hydroxylation is 1. The molecule has 1 N–H and O–H groups in total. The maximum Gasteiger partial charge on any atom is 0.243 e. The summed E-state index contributed by atoms with van der Waals surface area (Å²) in [4.78, 5) is 29.0. The van der Waals surface area contributed by atoms with Crippen LogP contribution in [0.1, 0.15) is 42.9 Å². The molecule has 0 aliphatic carbocycles. The number of carbonyl (C=O) groups is 2. The summed E-state index contributed by atoms with van der Waals surface area (Å²) in [6.07, 6.45) is 2.87. The Hall–Kier alpha value is -3.22. The SMILES string of the molecule is CCCCNC(=O)[C@@H](Cc1ccccc1)N(Cc1ccc(Cl)cc1Cl)C(=O)CCc1ccc(OC)c(OC)c1. The van der Waals surface area contributed by atoms with E-state index in [1.165, 1.54) is 0 Å². The molecule has 0 heterocycles. The average Bonchev–Trinajstić information content (AvgIpc) is 2.95. The van der Waals surface area contributed by atoms with Gasteiger partial charge in [0.1, 0.15) is 6.04 Å². The smallest absolute Gasteiger partial charge is 0.243 e. The van der Waals surface area contributed by atoms with Gasteiger partial charge < -0.3 is 19.7 Å². The Morgan fingerprint density at radius 3 is 2.33 bits per heavy atom. The third kappa shape index (κ3) is 8.91. The first-order chi connectivity index (χ1) is 18.9. The molecule has 2 amide bonds. The topological polar surface area (TPSA) is 67.9 Å². The van der Waals surface area contributed by atoms with Crippen molar-refractivity contribution in [2.75, 3.05) is 20.8 Å². The Balaban J connectivity index is 1.92. The fraction of sp³-hybridized carbons (Fsp3) is 0.355. The van der Waals surface area contributed by atoms with Crippen LogP contribution in [0.3, 0.4) is 0 Å². The number of unbranched alkanes of at least 4 members (excludes halogenated alkanes) is 1. The van der Waals surface area contributed by atoms with Gasteiger partial charge in [0.2, 0.25) is 11.8 Å². The zero-order chi connectivity index (χ0) is 28.2. The van der Waals surface area contributed by atoms with Crippen molar-refractivity contribution in [1.29, 1.82) is 0 Å². The van der Waals surface area contributed by atoms with Crippen molar-refractivity contribution in [3.8, 4) is 11.5 Å². The van der Waals surface area contributed by atoms with Gasteiger partial charge in [0, 0.05) is 36.0 Å². The lowest BCUT2D eigenvalue weighted by atomic mass is 10.0. The third-order valence-electron chi connectivity index (χ3n) is 6.53. The number of nitrogens with zero attached hydrogens (tertiary/aromatic N) is 1. The summed E-state index contributed by atoms with van der Waals surface area (Å²) < 4.78 is 10.7. The van der Waals surface area contributed by atoms with E-state index < -0.39 is 6.04 Å². The lowest BCUT2D eigenvalue weighted by molar-refractivity contribution is -0.141. The zero-order valence-electron chi connectivity index (χ0n) is 22.7. The first-order valence-corrected chi connectivity index (χ1v) is 13.9. The number of benzene rings is 3. The largest absolute Gasteiger partial charge is 0.493 e. The molecule has 3 aromatic carbocycles. The van der Waals surface area contributed by atoms with Crippen molar-refractivity contribution in [3.05, 3.63) is 93.5 Å². The molecule has 3 aromatic rings. The molecule has 0 unspecified atom stereocenters. The van der Waals surface area contributed by atoms with E-state index in [2.05, 4.69) is 12.2 Å². The Kier molecular flexibility index (Phi) is 12.0. The van der Waals surface area contributed by atoms with Crippen LogP contribution in [0, 0.1) is 0 Å². The molecule has 0 aliphatic rings. The van der Waals surface area contributed by atoms with Crippen LogP contribution in [-0.4, -0.2) is 43.5 Å². The van der Waals surface area contributed by atoms with Crippen molar-refractivity contribution in [3.63, 3.8) is 0 Å². The van der Waals surface area contributed by atoms with Gasteiger partial charge in [-0.15, -0.1) is 0 Å². The quantitative estimate of drug-likeness (QED) is 0.225. The summed E-state index contributed by atoms with van der Waals surface area (Å²) in [5, 5.41) is 3.99. The Morgan fingerprint density at radius 1 is 0.923 bits per heavy atom. The fourth-order valence-electron chi connectivity index (χ4n) is 4.32. The number of rotatable bonds is 14. The van der Waals surface area contributed by atoms with Crippen LogP contribution in [0.4, 0.5) is 0 Å². The van der Waals surface area contributed by atoms with E-state index in [1.54, 1.807) is 37.3 Å². The molecule has 0 saturated carbocycles. The Labute approximate surface area is 241 Å². The minimum atomic E-state index is -0.714. The lowest BCUT2D eigenvalue weighted by Crippen LogP contribution is -2.50. The highest BCUT2D eigenvalue weighted by Crippen LogP contribution is 2.29. The van der Waals surface area contributed by atoms with Crippen molar-refractivity contribution < 1.29 is 19.1 Å². The summed E-state index contributed by atoms with van der Waals surface area (Å²) in [6, 6.07) is 19.8. The molecular formula is C31H36Cl2N2O4. The van der Waals surface area contributed by atoms with Gasteiger partial charge >= 0.3 is 0 Å². The monoisotopic (exact) mass is 570 g/mol. The molecule has 0 spiro atoms. The number of amides is 2. The highest BCUT2D eigenvalue weighted by Gasteiger charge is 2.30. The molecule has 6 nitrogen and oxygen atoms in total. The second-order valence-electron chi connectivity index (χ2n) is 9.30. The van der Waals surface area contributed by atoms with Crippen LogP contribution in [0.25, 0.3) is 0 Å². The van der Waals surface area contributed by atoms with E-state index >= 15 is 0 Å². The molecule has 8 heteroatoms. The standard InChI is InChI=1S/C31H36Cl2N2O4/c1-4-5-17-34-31(37)27(18-22-9-7-6-8-10-22)35(21-24-13-14-25(32)20-26(24)33)30(36)16-12-23-11-15-28(38-2)29(19-23)39-3/h6-11,13-15,19-20,27H,4-5,12,16-18,21H2,1-3H3,(H,34,37)/t27-/m1/s1.